The minimum atomic E-state index is -1.05. The molecule has 0 fully saturated rings. The molecule has 28 heavy (non-hydrogen) atoms. The van der Waals surface area contributed by atoms with Crippen molar-refractivity contribution >= 4 is 34.7 Å². The van der Waals surface area contributed by atoms with Crippen molar-refractivity contribution in [3.63, 3.8) is 0 Å². The van der Waals surface area contributed by atoms with Crippen molar-refractivity contribution in [2.75, 3.05) is 10.6 Å². The summed E-state index contributed by atoms with van der Waals surface area (Å²) in [6.45, 7) is 5.30. The zero-order valence-corrected chi connectivity index (χ0v) is 16.6. The van der Waals surface area contributed by atoms with Gasteiger partial charge in [-0.05, 0) is 81.4 Å². The van der Waals surface area contributed by atoms with Gasteiger partial charge in [-0.15, -0.1) is 5.10 Å². The molecule has 0 bridgehead atoms. The number of nitrogens with one attached hydrogen (secondary N) is 2. The molecule has 0 aliphatic rings. The summed E-state index contributed by atoms with van der Waals surface area (Å²) in [5.74, 6) is 0.968. The van der Waals surface area contributed by atoms with Crippen LogP contribution in [0.3, 0.4) is 0 Å². The second-order valence-electron chi connectivity index (χ2n) is 6.78. The van der Waals surface area contributed by atoms with Gasteiger partial charge in [0.05, 0.1) is 5.69 Å². The number of aromatic nitrogens is 2. The molecular weight excluding hydrogens is 376 g/mol. The summed E-state index contributed by atoms with van der Waals surface area (Å²) >= 11 is 5.88. The zero-order chi connectivity index (χ0) is 20.1. The minimum Gasteiger partial charge on any atom is -0.478 e. The number of nitrogens with zero attached hydrogens (tertiary/aromatic N) is 2. The number of aryl methyl sites for hydroxylation is 1. The van der Waals surface area contributed by atoms with Crippen molar-refractivity contribution < 1.29 is 9.53 Å². The van der Waals surface area contributed by atoms with E-state index in [2.05, 4.69) is 20.8 Å². The van der Waals surface area contributed by atoms with Crippen LogP contribution in [0.2, 0.25) is 5.02 Å². The lowest BCUT2D eigenvalue weighted by atomic mass is 10.1. The van der Waals surface area contributed by atoms with Crippen molar-refractivity contribution in [3.05, 3.63) is 71.4 Å². The molecule has 3 rings (SSSR count). The predicted molar refractivity (Wildman–Crippen MR) is 111 cm³/mol. The summed E-state index contributed by atoms with van der Waals surface area (Å²) in [4.78, 5) is 12.6. The van der Waals surface area contributed by atoms with E-state index in [1.165, 1.54) is 0 Å². The topological polar surface area (TPSA) is 76.1 Å². The van der Waals surface area contributed by atoms with E-state index in [9.17, 15) is 4.79 Å². The monoisotopic (exact) mass is 396 g/mol. The number of halogens is 1. The largest absolute Gasteiger partial charge is 0.478 e. The lowest BCUT2D eigenvalue weighted by molar-refractivity contribution is -0.128. The highest BCUT2D eigenvalue weighted by molar-refractivity contribution is 6.30. The highest BCUT2D eigenvalue weighted by Crippen LogP contribution is 2.23. The van der Waals surface area contributed by atoms with Gasteiger partial charge in [0.15, 0.2) is 11.4 Å². The van der Waals surface area contributed by atoms with Crippen LogP contribution < -0.4 is 15.4 Å². The molecular formula is C21H21ClN4O2. The maximum Gasteiger partial charge on any atom is 0.267 e. The van der Waals surface area contributed by atoms with E-state index in [1.54, 1.807) is 50.2 Å². The van der Waals surface area contributed by atoms with Crippen molar-refractivity contribution in [1.82, 2.24) is 10.2 Å². The van der Waals surface area contributed by atoms with Crippen molar-refractivity contribution in [3.8, 4) is 5.75 Å². The maximum absolute atomic E-state index is 12.6. The minimum absolute atomic E-state index is 0.257. The summed E-state index contributed by atoms with van der Waals surface area (Å²) in [7, 11) is 0. The van der Waals surface area contributed by atoms with Gasteiger partial charge in [0.1, 0.15) is 5.75 Å². The molecule has 0 atom stereocenters. The Morgan fingerprint density at radius 2 is 1.57 bits per heavy atom. The predicted octanol–water partition coefficient (Wildman–Crippen LogP) is 4.98. The second kappa shape index (κ2) is 8.27. The van der Waals surface area contributed by atoms with Crippen molar-refractivity contribution in [2.45, 2.75) is 26.4 Å². The first-order valence-corrected chi connectivity index (χ1v) is 9.13. The first kappa shape index (κ1) is 19.6. The third kappa shape index (κ3) is 5.20. The molecule has 7 heteroatoms. The van der Waals surface area contributed by atoms with Gasteiger partial charge < -0.3 is 15.4 Å². The quantitative estimate of drug-likeness (QED) is 0.614. The molecule has 0 aliphatic heterocycles. The average Bonchev–Trinajstić information content (AvgIpc) is 2.67. The van der Waals surface area contributed by atoms with Gasteiger partial charge in [0.25, 0.3) is 5.91 Å². The maximum atomic E-state index is 12.6. The summed E-state index contributed by atoms with van der Waals surface area (Å²) < 4.78 is 5.80. The smallest absolute Gasteiger partial charge is 0.267 e. The third-order valence-corrected chi connectivity index (χ3v) is 4.20. The SMILES string of the molecule is Cc1ccc(Nc2ccc(NC(=O)C(C)(C)Oc3ccc(Cl)cc3)cc2)nn1. The van der Waals surface area contributed by atoms with Gasteiger partial charge >= 0.3 is 0 Å². The van der Waals surface area contributed by atoms with E-state index in [1.807, 2.05) is 31.2 Å². The van der Waals surface area contributed by atoms with Gasteiger partial charge in [-0.2, -0.15) is 5.10 Å². The van der Waals surface area contributed by atoms with Crippen LogP contribution in [0, 0.1) is 6.92 Å². The zero-order valence-electron chi connectivity index (χ0n) is 15.9. The Bertz CT molecular complexity index is 940. The standard InChI is InChI=1S/C21H21ClN4O2/c1-14-4-13-19(26-25-14)23-16-7-9-17(10-8-16)24-20(27)21(2,3)28-18-11-5-15(22)6-12-18/h4-13H,1-3H3,(H,23,26)(H,24,27). The summed E-state index contributed by atoms with van der Waals surface area (Å²) in [6.07, 6.45) is 0. The molecule has 0 saturated heterocycles. The number of anilines is 3. The molecule has 0 spiro atoms. The van der Waals surface area contributed by atoms with Crippen LogP contribution in [0.15, 0.2) is 60.7 Å². The number of ether oxygens (including phenoxy) is 1. The normalized spacial score (nSPS) is 11.0. The Balaban J connectivity index is 1.61. The lowest BCUT2D eigenvalue weighted by Crippen LogP contribution is -2.42. The summed E-state index contributed by atoms with van der Waals surface area (Å²) in [5, 5.41) is 14.7. The Labute approximate surface area is 168 Å². The fraction of sp³-hybridized carbons (Fsp3) is 0.190. The average molecular weight is 397 g/mol. The number of rotatable bonds is 6. The highest BCUT2D eigenvalue weighted by atomic mass is 35.5. The number of carbonyl (C=O) groups is 1. The Kier molecular flexibility index (Phi) is 5.80. The van der Waals surface area contributed by atoms with Gasteiger partial charge in [-0.3, -0.25) is 4.79 Å². The fourth-order valence-electron chi connectivity index (χ4n) is 2.38. The van der Waals surface area contributed by atoms with Crippen LogP contribution in [-0.2, 0) is 4.79 Å². The van der Waals surface area contributed by atoms with E-state index in [4.69, 9.17) is 16.3 Å². The van der Waals surface area contributed by atoms with Crippen molar-refractivity contribution in [1.29, 1.82) is 0 Å². The van der Waals surface area contributed by atoms with Crippen LogP contribution in [0.4, 0.5) is 17.2 Å². The highest BCUT2D eigenvalue weighted by Gasteiger charge is 2.30. The Morgan fingerprint density at radius 3 is 2.18 bits per heavy atom. The Hall–Kier alpha value is -3.12. The van der Waals surface area contributed by atoms with Crippen LogP contribution in [-0.4, -0.2) is 21.7 Å². The number of amides is 1. The molecule has 0 saturated carbocycles. The second-order valence-corrected chi connectivity index (χ2v) is 7.22. The molecule has 2 aromatic carbocycles. The van der Waals surface area contributed by atoms with Gasteiger partial charge in [-0.25, -0.2) is 0 Å². The fourth-order valence-corrected chi connectivity index (χ4v) is 2.50. The molecule has 2 N–H and O–H groups in total. The van der Waals surface area contributed by atoms with Crippen LogP contribution in [0.25, 0.3) is 0 Å². The van der Waals surface area contributed by atoms with Crippen molar-refractivity contribution in [2.24, 2.45) is 0 Å². The summed E-state index contributed by atoms with van der Waals surface area (Å²) in [5.41, 5.74) is 1.31. The van der Waals surface area contributed by atoms with E-state index in [0.29, 0.717) is 22.3 Å². The summed E-state index contributed by atoms with van der Waals surface area (Å²) in [6, 6.07) is 17.9. The molecule has 144 valence electrons. The van der Waals surface area contributed by atoms with Crippen LogP contribution in [0.1, 0.15) is 19.5 Å². The lowest BCUT2D eigenvalue weighted by Gasteiger charge is -2.25. The first-order chi connectivity index (χ1) is 13.3. The van der Waals surface area contributed by atoms with Gasteiger partial charge in [-0.1, -0.05) is 11.6 Å². The molecule has 0 radical (unpaired) electrons. The first-order valence-electron chi connectivity index (χ1n) is 8.75. The van der Waals surface area contributed by atoms with Crippen LogP contribution in [0.5, 0.6) is 5.75 Å². The molecule has 1 amide bonds. The number of hydrogen-bond acceptors (Lipinski definition) is 5. The van der Waals surface area contributed by atoms with E-state index < -0.39 is 5.60 Å². The number of carbonyl (C=O) groups excluding carboxylic acids is 1. The van der Waals surface area contributed by atoms with Gasteiger partial charge in [0, 0.05) is 16.4 Å². The van der Waals surface area contributed by atoms with E-state index >= 15 is 0 Å². The molecule has 1 heterocycles. The van der Waals surface area contributed by atoms with E-state index in [-0.39, 0.29) is 5.91 Å². The molecule has 0 aliphatic carbocycles. The molecule has 0 unspecified atom stereocenters. The van der Waals surface area contributed by atoms with Gasteiger partial charge in [0.2, 0.25) is 0 Å². The number of benzene rings is 2. The molecule has 1 aromatic heterocycles. The molecule has 6 nitrogen and oxygen atoms in total. The molecule has 3 aromatic rings. The number of hydrogen-bond donors (Lipinski definition) is 2. The van der Waals surface area contributed by atoms with Crippen LogP contribution >= 0.6 is 11.6 Å². The third-order valence-electron chi connectivity index (χ3n) is 3.95. The van der Waals surface area contributed by atoms with E-state index in [0.717, 1.165) is 11.4 Å². The Morgan fingerprint density at radius 1 is 0.929 bits per heavy atom.